The number of rotatable bonds is 3. The molecule has 1 aromatic rings. The summed E-state index contributed by atoms with van der Waals surface area (Å²) >= 11 is 0. The summed E-state index contributed by atoms with van der Waals surface area (Å²) < 4.78 is 5.08. The normalized spacial score (nSPS) is 22.6. The lowest BCUT2D eigenvalue weighted by molar-refractivity contribution is 0.188. The molecule has 104 valence electrons. The minimum atomic E-state index is 0.626. The molecule has 19 heavy (non-hydrogen) atoms. The molecular weight excluding hydrogens is 236 g/mol. The third kappa shape index (κ3) is 2.85. The fraction of sp³-hybridized carbons (Fsp3) is 0.688. The van der Waals surface area contributed by atoms with Crippen LogP contribution in [-0.4, -0.2) is 18.1 Å². The largest absolute Gasteiger partial charge is 0.481 e. The second kappa shape index (κ2) is 5.40. The minimum Gasteiger partial charge on any atom is -0.481 e. The summed E-state index contributed by atoms with van der Waals surface area (Å²) in [5.74, 6) is 0.680. The summed E-state index contributed by atoms with van der Waals surface area (Å²) in [6.45, 7) is 0. The lowest BCUT2D eigenvalue weighted by Crippen LogP contribution is -2.31. The van der Waals surface area contributed by atoms with Crippen LogP contribution in [-0.2, 0) is 0 Å². The number of hydrogen-bond donors (Lipinski definition) is 1. The smallest absolute Gasteiger partial charge is 0.213 e. The summed E-state index contributed by atoms with van der Waals surface area (Å²) in [6, 6.07) is 4.61. The van der Waals surface area contributed by atoms with Crippen LogP contribution in [0.4, 0.5) is 5.69 Å². The van der Waals surface area contributed by atoms with Crippen LogP contribution in [0.15, 0.2) is 18.3 Å². The van der Waals surface area contributed by atoms with Gasteiger partial charge in [0.1, 0.15) is 0 Å². The maximum atomic E-state index is 5.08. The quantitative estimate of drug-likeness (QED) is 0.891. The third-order valence-electron chi connectivity index (χ3n) is 5.03. The number of hydrogen-bond acceptors (Lipinski definition) is 3. The predicted octanol–water partition coefficient (Wildman–Crippen LogP) is 4.01. The third-order valence-corrected chi connectivity index (χ3v) is 5.03. The van der Waals surface area contributed by atoms with Crippen LogP contribution in [0, 0.1) is 5.41 Å². The molecule has 1 N–H and O–H groups in total. The van der Waals surface area contributed by atoms with Gasteiger partial charge in [-0.05, 0) is 50.0 Å². The molecule has 0 amide bonds. The van der Waals surface area contributed by atoms with Gasteiger partial charge >= 0.3 is 0 Å². The molecule has 1 spiro atoms. The zero-order valence-corrected chi connectivity index (χ0v) is 11.8. The standard InChI is InChI=1S/C16H24N2O/c1-19-15-5-4-14(12-17-15)18-13-6-10-16(11-7-13)8-2-3-9-16/h4-5,12-13,18H,2-3,6-11H2,1H3. The van der Waals surface area contributed by atoms with Crippen LogP contribution in [0.25, 0.3) is 0 Å². The number of nitrogens with zero attached hydrogens (tertiary/aromatic N) is 1. The SMILES string of the molecule is COc1ccc(NC2CCC3(CCCC3)CC2)cn1. The highest BCUT2D eigenvalue weighted by atomic mass is 16.5. The minimum absolute atomic E-state index is 0.626. The Bertz CT molecular complexity index is 399. The van der Waals surface area contributed by atoms with E-state index in [-0.39, 0.29) is 0 Å². The Morgan fingerprint density at radius 1 is 1.16 bits per heavy atom. The first-order chi connectivity index (χ1) is 9.30. The fourth-order valence-electron chi connectivity index (χ4n) is 3.82. The van der Waals surface area contributed by atoms with Crippen molar-refractivity contribution in [3.8, 4) is 5.88 Å². The number of nitrogens with one attached hydrogen (secondary N) is 1. The van der Waals surface area contributed by atoms with Crippen LogP contribution in [0.1, 0.15) is 51.4 Å². The van der Waals surface area contributed by atoms with Crippen LogP contribution in [0.5, 0.6) is 5.88 Å². The van der Waals surface area contributed by atoms with E-state index in [1.54, 1.807) is 7.11 Å². The maximum absolute atomic E-state index is 5.08. The van der Waals surface area contributed by atoms with Crippen molar-refractivity contribution in [2.75, 3.05) is 12.4 Å². The van der Waals surface area contributed by atoms with Gasteiger partial charge in [0.25, 0.3) is 0 Å². The Morgan fingerprint density at radius 3 is 2.47 bits per heavy atom. The summed E-state index contributed by atoms with van der Waals surface area (Å²) in [7, 11) is 1.65. The lowest BCUT2D eigenvalue weighted by atomic mass is 9.71. The van der Waals surface area contributed by atoms with E-state index < -0.39 is 0 Å². The zero-order valence-electron chi connectivity index (χ0n) is 11.8. The molecular formula is C16H24N2O. The van der Waals surface area contributed by atoms with E-state index in [4.69, 9.17) is 4.74 Å². The number of anilines is 1. The summed E-state index contributed by atoms with van der Waals surface area (Å²) in [6.07, 6.45) is 13.2. The van der Waals surface area contributed by atoms with Crippen molar-refractivity contribution in [2.24, 2.45) is 5.41 Å². The van der Waals surface area contributed by atoms with Crippen molar-refractivity contribution in [3.05, 3.63) is 18.3 Å². The first-order valence-corrected chi connectivity index (χ1v) is 7.56. The Morgan fingerprint density at radius 2 is 1.89 bits per heavy atom. The van der Waals surface area contributed by atoms with E-state index in [1.807, 2.05) is 12.3 Å². The van der Waals surface area contributed by atoms with Gasteiger partial charge in [-0.1, -0.05) is 12.8 Å². The second-order valence-corrected chi connectivity index (χ2v) is 6.21. The average molecular weight is 260 g/mol. The van der Waals surface area contributed by atoms with Crippen LogP contribution in [0.2, 0.25) is 0 Å². The van der Waals surface area contributed by atoms with Gasteiger partial charge in [-0.15, -0.1) is 0 Å². The van der Waals surface area contributed by atoms with Gasteiger partial charge in [0.15, 0.2) is 0 Å². The molecule has 2 fully saturated rings. The molecule has 3 heteroatoms. The van der Waals surface area contributed by atoms with Gasteiger partial charge in [-0.3, -0.25) is 0 Å². The first-order valence-electron chi connectivity index (χ1n) is 7.56. The molecule has 3 nitrogen and oxygen atoms in total. The first kappa shape index (κ1) is 12.8. The van der Waals surface area contributed by atoms with E-state index in [0.717, 1.165) is 11.1 Å². The molecule has 0 saturated heterocycles. The number of ether oxygens (including phenoxy) is 1. The van der Waals surface area contributed by atoms with Crippen LogP contribution < -0.4 is 10.1 Å². The monoisotopic (exact) mass is 260 g/mol. The average Bonchev–Trinajstić information content (AvgIpc) is 2.91. The molecule has 1 aromatic heterocycles. The van der Waals surface area contributed by atoms with Crippen LogP contribution >= 0.6 is 0 Å². The highest BCUT2D eigenvalue weighted by Gasteiger charge is 2.37. The fourth-order valence-corrected chi connectivity index (χ4v) is 3.82. The topological polar surface area (TPSA) is 34.1 Å². The molecule has 2 aliphatic carbocycles. The van der Waals surface area contributed by atoms with Crippen molar-refractivity contribution in [1.29, 1.82) is 0 Å². The summed E-state index contributed by atoms with van der Waals surface area (Å²) in [4.78, 5) is 4.25. The van der Waals surface area contributed by atoms with Gasteiger partial charge < -0.3 is 10.1 Å². The van der Waals surface area contributed by atoms with Crippen LogP contribution in [0.3, 0.4) is 0 Å². The Hall–Kier alpha value is -1.25. The highest BCUT2D eigenvalue weighted by Crippen LogP contribution is 2.49. The summed E-state index contributed by atoms with van der Waals surface area (Å²) in [5.41, 5.74) is 1.84. The molecule has 3 rings (SSSR count). The molecule has 2 aliphatic rings. The molecule has 0 unspecified atom stereocenters. The number of aromatic nitrogens is 1. The maximum Gasteiger partial charge on any atom is 0.213 e. The number of pyridine rings is 1. The molecule has 0 atom stereocenters. The molecule has 0 aromatic carbocycles. The zero-order chi connectivity index (χ0) is 13.1. The second-order valence-electron chi connectivity index (χ2n) is 6.21. The van der Waals surface area contributed by atoms with Crippen molar-refractivity contribution in [1.82, 2.24) is 4.98 Å². The molecule has 0 radical (unpaired) electrons. The number of methoxy groups -OCH3 is 1. The Balaban J connectivity index is 1.53. The predicted molar refractivity (Wildman–Crippen MR) is 77.6 cm³/mol. The van der Waals surface area contributed by atoms with Crippen molar-refractivity contribution in [2.45, 2.75) is 57.4 Å². The highest BCUT2D eigenvalue weighted by molar-refractivity contribution is 5.43. The molecule has 2 saturated carbocycles. The van der Waals surface area contributed by atoms with Gasteiger partial charge in [0, 0.05) is 12.1 Å². The Kier molecular flexibility index (Phi) is 3.63. The van der Waals surface area contributed by atoms with Crippen molar-refractivity contribution >= 4 is 5.69 Å². The van der Waals surface area contributed by atoms with Gasteiger partial charge in [-0.2, -0.15) is 0 Å². The van der Waals surface area contributed by atoms with Crippen molar-refractivity contribution < 1.29 is 4.74 Å². The van der Waals surface area contributed by atoms with Gasteiger partial charge in [0.2, 0.25) is 5.88 Å². The lowest BCUT2D eigenvalue weighted by Gasteiger charge is -2.37. The summed E-state index contributed by atoms with van der Waals surface area (Å²) in [5, 5.41) is 3.62. The van der Waals surface area contributed by atoms with E-state index >= 15 is 0 Å². The molecule has 0 bridgehead atoms. The van der Waals surface area contributed by atoms with E-state index in [0.29, 0.717) is 11.9 Å². The van der Waals surface area contributed by atoms with Crippen molar-refractivity contribution in [3.63, 3.8) is 0 Å². The molecule has 1 heterocycles. The van der Waals surface area contributed by atoms with Gasteiger partial charge in [0.05, 0.1) is 19.0 Å². The van der Waals surface area contributed by atoms with E-state index in [2.05, 4.69) is 16.4 Å². The molecule has 0 aliphatic heterocycles. The van der Waals surface area contributed by atoms with E-state index in [1.165, 1.54) is 51.4 Å². The van der Waals surface area contributed by atoms with Gasteiger partial charge in [-0.25, -0.2) is 4.98 Å². The Labute approximate surface area is 115 Å². The van der Waals surface area contributed by atoms with E-state index in [9.17, 15) is 0 Å².